The molecule has 2 rings (SSSR count). The van der Waals surface area contributed by atoms with Crippen LogP contribution in [0.1, 0.15) is 42.5 Å². The molecule has 1 aromatic heterocycles. The van der Waals surface area contributed by atoms with Crippen molar-refractivity contribution in [2.45, 2.75) is 33.6 Å². The number of aryl methyl sites for hydroxylation is 2. The van der Waals surface area contributed by atoms with Crippen LogP contribution in [-0.4, -0.2) is 27.4 Å². The van der Waals surface area contributed by atoms with Crippen LogP contribution >= 0.6 is 11.6 Å². The highest BCUT2D eigenvalue weighted by molar-refractivity contribution is 6.34. The molecule has 0 spiro atoms. The number of benzene rings is 1. The molecule has 24 heavy (non-hydrogen) atoms. The highest BCUT2D eigenvalue weighted by Gasteiger charge is 2.20. The molecule has 5 nitrogen and oxygen atoms in total. The van der Waals surface area contributed by atoms with Gasteiger partial charge in [-0.25, -0.2) is 0 Å². The largest absolute Gasteiger partial charge is 0.396 e. The van der Waals surface area contributed by atoms with E-state index in [2.05, 4.69) is 10.4 Å². The zero-order chi connectivity index (χ0) is 17.9. The first-order valence-corrected chi connectivity index (χ1v) is 8.37. The Morgan fingerprint density at radius 3 is 2.46 bits per heavy atom. The van der Waals surface area contributed by atoms with Crippen molar-refractivity contribution in [3.05, 3.63) is 46.2 Å². The van der Waals surface area contributed by atoms with E-state index in [1.807, 2.05) is 45.0 Å². The van der Waals surface area contributed by atoms with E-state index >= 15 is 0 Å². The Morgan fingerprint density at radius 1 is 1.33 bits per heavy atom. The molecule has 130 valence electrons. The van der Waals surface area contributed by atoms with Crippen LogP contribution in [0.2, 0.25) is 5.02 Å². The molecule has 1 amide bonds. The molecule has 0 fully saturated rings. The fraction of sp³-hybridized carbons (Fsp3) is 0.444. The van der Waals surface area contributed by atoms with Gasteiger partial charge in [0, 0.05) is 19.3 Å². The molecule has 2 N–H and O–H groups in total. The van der Waals surface area contributed by atoms with E-state index in [1.54, 1.807) is 7.05 Å². The number of amides is 1. The smallest absolute Gasteiger partial charge is 0.275 e. The van der Waals surface area contributed by atoms with Crippen LogP contribution in [0.25, 0.3) is 0 Å². The van der Waals surface area contributed by atoms with Gasteiger partial charge in [0.05, 0.1) is 10.7 Å². The van der Waals surface area contributed by atoms with E-state index in [4.69, 9.17) is 11.6 Å². The lowest BCUT2D eigenvalue weighted by molar-refractivity contribution is 0.101. The second kappa shape index (κ2) is 7.36. The molecule has 0 bridgehead atoms. The molecular weight excluding hydrogens is 326 g/mol. The normalized spacial score (nSPS) is 11.6. The van der Waals surface area contributed by atoms with E-state index < -0.39 is 0 Å². The Hall–Kier alpha value is -1.85. The molecule has 0 saturated carbocycles. The summed E-state index contributed by atoms with van der Waals surface area (Å²) in [6.07, 6.45) is 1.44. The monoisotopic (exact) mass is 349 g/mol. The highest BCUT2D eigenvalue weighted by Crippen LogP contribution is 2.24. The second-order valence-electron chi connectivity index (χ2n) is 6.74. The molecule has 0 aliphatic carbocycles. The van der Waals surface area contributed by atoms with Gasteiger partial charge in [-0.3, -0.25) is 9.48 Å². The fourth-order valence-electron chi connectivity index (χ4n) is 2.53. The van der Waals surface area contributed by atoms with Gasteiger partial charge in [-0.2, -0.15) is 5.10 Å². The molecule has 2 aromatic rings. The number of nitrogens with one attached hydrogen (secondary N) is 1. The van der Waals surface area contributed by atoms with Crippen molar-refractivity contribution in [2.75, 3.05) is 11.9 Å². The lowest BCUT2D eigenvalue weighted by atomic mass is 9.87. The Balaban J connectivity index is 2.12. The molecular formula is C18H24ClN3O2. The number of nitrogens with zero attached hydrogens (tertiary/aromatic N) is 2. The topological polar surface area (TPSA) is 67.2 Å². The van der Waals surface area contributed by atoms with Crippen LogP contribution in [0.15, 0.2) is 24.3 Å². The minimum atomic E-state index is -0.280. The van der Waals surface area contributed by atoms with Crippen LogP contribution in [-0.2, 0) is 19.9 Å². The summed E-state index contributed by atoms with van der Waals surface area (Å²) in [5.41, 5.74) is 2.72. The Kier molecular flexibility index (Phi) is 5.67. The summed E-state index contributed by atoms with van der Waals surface area (Å²) < 4.78 is 1.51. The minimum absolute atomic E-state index is 0.129. The maximum absolute atomic E-state index is 12.5. The maximum Gasteiger partial charge on any atom is 0.275 e. The number of rotatable bonds is 6. The summed E-state index contributed by atoms with van der Waals surface area (Å²) in [4.78, 5) is 12.5. The van der Waals surface area contributed by atoms with Crippen LogP contribution in [0, 0.1) is 5.41 Å². The summed E-state index contributed by atoms with van der Waals surface area (Å²) in [6.45, 7) is 6.10. The SMILES string of the molecule is CCc1nn(C)c(C(=O)Nc2ccc(CC(C)(C)CO)cc2)c1Cl. The Morgan fingerprint density at radius 2 is 1.96 bits per heavy atom. The molecule has 0 aliphatic rings. The molecule has 0 aliphatic heterocycles. The van der Waals surface area contributed by atoms with E-state index in [-0.39, 0.29) is 17.9 Å². The Bertz CT molecular complexity index is 721. The third kappa shape index (κ3) is 4.16. The number of aliphatic hydroxyl groups excluding tert-OH is 1. The van der Waals surface area contributed by atoms with Gasteiger partial charge in [-0.05, 0) is 36.0 Å². The van der Waals surface area contributed by atoms with E-state index in [1.165, 1.54) is 4.68 Å². The fourth-order valence-corrected chi connectivity index (χ4v) is 2.91. The minimum Gasteiger partial charge on any atom is -0.396 e. The van der Waals surface area contributed by atoms with Crippen molar-refractivity contribution < 1.29 is 9.90 Å². The van der Waals surface area contributed by atoms with Crippen molar-refractivity contribution in [3.8, 4) is 0 Å². The number of carbonyl (C=O) groups is 1. The summed E-state index contributed by atoms with van der Waals surface area (Å²) in [5, 5.41) is 16.9. The van der Waals surface area contributed by atoms with Crippen LogP contribution < -0.4 is 5.32 Å². The second-order valence-corrected chi connectivity index (χ2v) is 7.11. The van der Waals surface area contributed by atoms with Crippen LogP contribution in [0.3, 0.4) is 0 Å². The summed E-state index contributed by atoms with van der Waals surface area (Å²) >= 11 is 6.24. The molecule has 0 unspecified atom stereocenters. The zero-order valence-electron chi connectivity index (χ0n) is 14.6. The lowest BCUT2D eigenvalue weighted by Gasteiger charge is -2.21. The van der Waals surface area contributed by atoms with Gasteiger partial charge in [-0.1, -0.05) is 44.5 Å². The highest BCUT2D eigenvalue weighted by atomic mass is 35.5. The number of hydrogen-bond donors (Lipinski definition) is 2. The molecule has 1 heterocycles. The lowest BCUT2D eigenvalue weighted by Crippen LogP contribution is -2.20. The molecule has 1 aromatic carbocycles. The van der Waals surface area contributed by atoms with Crippen molar-refractivity contribution >= 4 is 23.2 Å². The Labute approximate surface area is 147 Å². The van der Waals surface area contributed by atoms with Gasteiger partial charge in [0.25, 0.3) is 5.91 Å². The quantitative estimate of drug-likeness (QED) is 0.839. The number of halogens is 1. The first-order valence-electron chi connectivity index (χ1n) is 8.00. The van der Waals surface area contributed by atoms with Gasteiger partial charge in [-0.15, -0.1) is 0 Å². The average Bonchev–Trinajstić information content (AvgIpc) is 2.83. The third-order valence-electron chi connectivity index (χ3n) is 3.93. The number of aliphatic hydroxyl groups is 1. The van der Waals surface area contributed by atoms with Crippen molar-refractivity contribution in [2.24, 2.45) is 12.5 Å². The van der Waals surface area contributed by atoms with E-state index in [9.17, 15) is 9.90 Å². The summed E-state index contributed by atoms with van der Waals surface area (Å²) in [6, 6.07) is 7.61. The molecule has 6 heteroatoms. The maximum atomic E-state index is 12.5. The standard InChI is InChI=1S/C18H24ClN3O2/c1-5-14-15(19)16(22(4)21-14)17(24)20-13-8-6-12(7-9-13)10-18(2,3)11-23/h6-9,23H,5,10-11H2,1-4H3,(H,20,24). The summed E-state index contributed by atoms with van der Waals surface area (Å²) in [7, 11) is 1.71. The van der Waals surface area contributed by atoms with Gasteiger partial charge >= 0.3 is 0 Å². The van der Waals surface area contributed by atoms with E-state index in [0.717, 1.165) is 12.0 Å². The average molecular weight is 350 g/mol. The van der Waals surface area contributed by atoms with E-state index in [0.29, 0.717) is 28.5 Å². The van der Waals surface area contributed by atoms with Gasteiger partial charge < -0.3 is 10.4 Å². The molecule has 0 radical (unpaired) electrons. The number of carbonyl (C=O) groups excluding carboxylic acids is 1. The van der Waals surface area contributed by atoms with Gasteiger partial charge in [0.1, 0.15) is 5.69 Å². The molecule has 0 atom stereocenters. The number of hydrogen-bond acceptors (Lipinski definition) is 3. The van der Waals surface area contributed by atoms with Crippen molar-refractivity contribution in [1.82, 2.24) is 9.78 Å². The number of anilines is 1. The zero-order valence-corrected chi connectivity index (χ0v) is 15.3. The van der Waals surface area contributed by atoms with Crippen LogP contribution in [0.4, 0.5) is 5.69 Å². The van der Waals surface area contributed by atoms with Crippen molar-refractivity contribution in [1.29, 1.82) is 0 Å². The first-order chi connectivity index (χ1) is 11.3. The molecule has 0 saturated heterocycles. The number of aromatic nitrogens is 2. The van der Waals surface area contributed by atoms with Gasteiger partial charge in [0.15, 0.2) is 0 Å². The predicted molar refractivity (Wildman–Crippen MR) is 96.6 cm³/mol. The van der Waals surface area contributed by atoms with Gasteiger partial charge in [0.2, 0.25) is 0 Å². The van der Waals surface area contributed by atoms with Crippen LogP contribution in [0.5, 0.6) is 0 Å². The third-order valence-corrected chi connectivity index (χ3v) is 4.33. The summed E-state index contributed by atoms with van der Waals surface area (Å²) in [5.74, 6) is -0.280. The first kappa shape index (κ1) is 18.5. The van der Waals surface area contributed by atoms with Crippen molar-refractivity contribution in [3.63, 3.8) is 0 Å². The predicted octanol–water partition coefficient (Wildman–Crippen LogP) is 3.45.